The van der Waals surface area contributed by atoms with E-state index in [4.69, 9.17) is 10.5 Å². The molecule has 12 nitrogen and oxygen atoms in total. The van der Waals surface area contributed by atoms with E-state index in [1.807, 2.05) is 0 Å². The van der Waals surface area contributed by atoms with Gasteiger partial charge in [0.1, 0.15) is 23.9 Å². The van der Waals surface area contributed by atoms with Crippen LogP contribution in [-0.4, -0.2) is 75.2 Å². The van der Waals surface area contributed by atoms with Crippen molar-refractivity contribution in [1.82, 2.24) is 16.0 Å². The van der Waals surface area contributed by atoms with Gasteiger partial charge in [-0.15, -0.1) is 0 Å². The number of rotatable bonds is 13. The molecule has 5 N–H and O–H groups in total. The number of hydrogen-bond donors (Lipinski definition) is 5. The number of benzene rings is 1. The number of amides is 4. The SMILES string of the molecule is CC(=O)NC(CSC(=O)c1ccccc1OC(=O)C(CSC(=O)C(CS)NC(C)=O)NC(C)=O)C(N)=O. The van der Waals surface area contributed by atoms with Gasteiger partial charge in [-0.05, 0) is 12.1 Å². The molecule has 0 saturated heterocycles. The lowest BCUT2D eigenvalue weighted by atomic mass is 10.2. The van der Waals surface area contributed by atoms with E-state index in [1.54, 1.807) is 0 Å². The lowest BCUT2D eigenvalue weighted by Gasteiger charge is -2.19. The number of thiol groups is 1. The Morgan fingerprint density at radius 2 is 1.35 bits per heavy atom. The van der Waals surface area contributed by atoms with Crippen molar-refractivity contribution in [3.05, 3.63) is 29.8 Å². The number of carbonyl (C=O) groups excluding carboxylic acids is 7. The summed E-state index contributed by atoms with van der Waals surface area (Å²) in [6.07, 6.45) is 0. The van der Waals surface area contributed by atoms with Gasteiger partial charge in [0, 0.05) is 38.0 Å². The summed E-state index contributed by atoms with van der Waals surface area (Å²) in [7, 11) is 0. The maximum absolute atomic E-state index is 12.9. The van der Waals surface area contributed by atoms with Crippen LogP contribution in [0, 0.1) is 0 Å². The van der Waals surface area contributed by atoms with Crippen LogP contribution >= 0.6 is 36.2 Å². The number of carbonyl (C=O) groups is 7. The zero-order valence-electron chi connectivity index (χ0n) is 20.3. The van der Waals surface area contributed by atoms with Crippen molar-refractivity contribution in [3.8, 4) is 5.75 Å². The molecule has 0 aliphatic carbocycles. The van der Waals surface area contributed by atoms with Gasteiger partial charge in [0.05, 0.1) is 5.56 Å². The quantitative estimate of drug-likeness (QED) is 0.119. The molecule has 202 valence electrons. The maximum Gasteiger partial charge on any atom is 0.334 e. The molecule has 0 radical (unpaired) electrons. The Labute approximate surface area is 227 Å². The van der Waals surface area contributed by atoms with Gasteiger partial charge in [-0.25, -0.2) is 4.79 Å². The van der Waals surface area contributed by atoms with E-state index in [0.717, 1.165) is 0 Å². The van der Waals surface area contributed by atoms with Gasteiger partial charge < -0.3 is 26.4 Å². The molecule has 1 aromatic carbocycles. The first-order valence-electron chi connectivity index (χ1n) is 10.7. The Morgan fingerprint density at radius 3 is 1.89 bits per heavy atom. The number of ether oxygens (including phenoxy) is 1. The van der Waals surface area contributed by atoms with Crippen molar-refractivity contribution in [2.45, 2.75) is 38.9 Å². The topological polar surface area (TPSA) is 191 Å². The van der Waals surface area contributed by atoms with Crippen LogP contribution in [0.25, 0.3) is 0 Å². The fraction of sp³-hybridized carbons (Fsp3) is 0.409. The van der Waals surface area contributed by atoms with E-state index < -0.39 is 58.0 Å². The Morgan fingerprint density at radius 1 is 0.838 bits per heavy atom. The Balaban J connectivity index is 2.96. The molecule has 0 bridgehead atoms. The van der Waals surface area contributed by atoms with Crippen LogP contribution < -0.4 is 26.4 Å². The third-order valence-corrected chi connectivity index (χ3v) is 6.73. The Kier molecular flexibility index (Phi) is 13.8. The standard InChI is InChI=1S/C22H28N4O8S3/c1-11(27)24-15(8-35)22(33)37-10-17(26-13(3)29)20(31)34-18-7-5-4-6-14(18)21(32)36-9-16(19(23)30)25-12(2)28/h4-7,15-17,35H,8-10H2,1-3H3,(H2,23,30)(H,24,27)(H,25,28)(H,26,29). The van der Waals surface area contributed by atoms with Crippen molar-refractivity contribution >= 4 is 76.0 Å². The molecule has 37 heavy (non-hydrogen) atoms. The summed E-state index contributed by atoms with van der Waals surface area (Å²) in [6, 6.07) is 2.58. The van der Waals surface area contributed by atoms with Crippen molar-refractivity contribution < 1.29 is 38.3 Å². The fourth-order valence-corrected chi connectivity index (χ4v) is 4.85. The first-order valence-corrected chi connectivity index (χ1v) is 13.3. The first-order chi connectivity index (χ1) is 17.3. The molecule has 4 amide bonds. The van der Waals surface area contributed by atoms with Gasteiger partial charge in [0.25, 0.3) is 0 Å². The van der Waals surface area contributed by atoms with E-state index >= 15 is 0 Å². The second kappa shape index (κ2) is 15.9. The Bertz CT molecular complexity index is 1050. The number of nitrogens with one attached hydrogen (secondary N) is 3. The van der Waals surface area contributed by atoms with Crippen LogP contribution in [0.2, 0.25) is 0 Å². The van der Waals surface area contributed by atoms with Crippen molar-refractivity contribution in [2.75, 3.05) is 17.3 Å². The largest absolute Gasteiger partial charge is 0.424 e. The van der Waals surface area contributed by atoms with Crippen LogP contribution in [0.5, 0.6) is 5.75 Å². The molecule has 0 spiro atoms. The van der Waals surface area contributed by atoms with Crippen LogP contribution in [0.4, 0.5) is 0 Å². The molecule has 0 aliphatic rings. The molecular weight excluding hydrogens is 544 g/mol. The fourth-order valence-electron chi connectivity index (χ4n) is 2.69. The zero-order chi connectivity index (χ0) is 28.1. The molecule has 3 unspecified atom stereocenters. The third kappa shape index (κ3) is 11.7. The highest BCUT2D eigenvalue weighted by Gasteiger charge is 2.27. The lowest BCUT2D eigenvalue weighted by Crippen LogP contribution is -2.45. The average molecular weight is 573 g/mol. The van der Waals surface area contributed by atoms with E-state index in [0.29, 0.717) is 23.5 Å². The van der Waals surface area contributed by atoms with E-state index in [1.165, 1.54) is 45.0 Å². The minimum atomic E-state index is -1.25. The predicted octanol–water partition coefficient (Wildman–Crippen LogP) is -0.346. The molecule has 0 heterocycles. The van der Waals surface area contributed by atoms with E-state index in [9.17, 15) is 33.6 Å². The summed E-state index contributed by atoms with van der Waals surface area (Å²) in [4.78, 5) is 83.7. The highest BCUT2D eigenvalue weighted by molar-refractivity contribution is 8.14. The first kappa shape index (κ1) is 32.0. The highest BCUT2D eigenvalue weighted by Crippen LogP contribution is 2.24. The van der Waals surface area contributed by atoms with Gasteiger partial charge in [0.2, 0.25) is 33.9 Å². The van der Waals surface area contributed by atoms with Crippen molar-refractivity contribution in [3.63, 3.8) is 0 Å². The van der Waals surface area contributed by atoms with Gasteiger partial charge in [-0.2, -0.15) is 12.6 Å². The number of para-hydroxylation sites is 1. The number of primary amides is 1. The van der Waals surface area contributed by atoms with Crippen LogP contribution in [0.3, 0.4) is 0 Å². The van der Waals surface area contributed by atoms with Crippen molar-refractivity contribution in [2.24, 2.45) is 5.73 Å². The second-order valence-corrected chi connectivity index (χ2v) is 9.87. The normalized spacial score (nSPS) is 12.9. The summed E-state index contributed by atoms with van der Waals surface area (Å²) in [6.45, 7) is 3.63. The van der Waals surface area contributed by atoms with Gasteiger partial charge in [0.15, 0.2) is 0 Å². The molecule has 0 saturated carbocycles. The smallest absolute Gasteiger partial charge is 0.334 e. The van der Waals surface area contributed by atoms with E-state index in [2.05, 4.69) is 28.6 Å². The molecule has 0 aliphatic heterocycles. The maximum atomic E-state index is 12.9. The zero-order valence-corrected chi connectivity index (χ0v) is 22.8. The molecule has 1 aromatic rings. The monoisotopic (exact) mass is 572 g/mol. The number of thioether (sulfide) groups is 2. The molecule has 15 heteroatoms. The summed E-state index contributed by atoms with van der Waals surface area (Å²) in [5.74, 6) is -3.67. The van der Waals surface area contributed by atoms with Gasteiger partial charge >= 0.3 is 5.97 Å². The average Bonchev–Trinajstić information content (AvgIpc) is 2.81. The Hall–Kier alpha value is -3.04. The lowest BCUT2D eigenvalue weighted by molar-refractivity contribution is -0.138. The van der Waals surface area contributed by atoms with Crippen LogP contribution in [-0.2, 0) is 28.8 Å². The number of nitrogens with two attached hydrogens (primary N) is 1. The summed E-state index contributed by atoms with van der Waals surface area (Å²) in [5.41, 5.74) is 5.24. The third-order valence-electron chi connectivity index (χ3n) is 4.32. The summed E-state index contributed by atoms with van der Waals surface area (Å²) >= 11 is 5.42. The number of esters is 1. The van der Waals surface area contributed by atoms with Crippen LogP contribution in [0.1, 0.15) is 31.1 Å². The highest BCUT2D eigenvalue weighted by atomic mass is 32.2. The number of hydrogen-bond acceptors (Lipinski definition) is 11. The molecule has 0 fully saturated rings. The van der Waals surface area contributed by atoms with Gasteiger partial charge in [-0.3, -0.25) is 28.8 Å². The summed E-state index contributed by atoms with van der Waals surface area (Å²) in [5, 5.41) is 6.15. The molecule has 3 atom stereocenters. The van der Waals surface area contributed by atoms with Crippen molar-refractivity contribution in [1.29, 1.82) is 0 Å². The minimum Gasteiger partial charge on any atom is -0.424 e. The molecular formula is C22H28N4O8S3. The molecule has 0 aromatic heterocycles. The predicted molar refractivity (Wildman–Crippen MR) is 142 cm³/mol. The van der Waals surface area contributed by atoms with Crippen LogP contribution in [0.15, 0.2) is 24.3 Å². The minimum absolute atomic E-state index is 0.00186. The second-order valence-electron chi connectivity index (χ2n) is 7.49. The molecule has 1 rings (SSSR count). The summed E-state index contributed by atoms with van der Waals surface area (Å²) < 4.78 is 5.37. The van der Waals surface area contributed by atoms with Gasteiger partial charge in [-0.1, -0.05) is 35.7 Å². The van der Waals surface area contributed by atoms with E-state index in [-0.39, 0.29) is 28.6 Å².